The van der Waals surface area contributed by atoms with E-state index in [-0.39, 0.29) is 93.7 Å². The molecule has 0 aromatic heterocycles. The molecule has 0 aromatic carbocycles. The fraction of sp³-hybridized carbons (Fsp3) is 0.868. The first kappa shape index (κ1) is 64.6. The Balaban J connectivity index is 2.44. The first-order valence-electron chi connectivity index (χ1n) is 27.2. The van der Waals surface area contributed by atoms with Crippen molar-refractivity contribution in [2.75, 3.05) is 32.1 Å². The molecule has 1 rings (SSSR count). The lowest BCUT2D eigenvalue weighted by molar-refractivity contribution is -0.233. The van der Waals surface area contributed by atoms with Crippen LogP contribution in [0.5, 0.6) is 0 Å². The second kappa shape index (κ2) is 43.2. The van der Waals surface area contributed by atoms with E-state index in [0.717, 1.165) is 38.5 Å². The van der Waals surface area contributed by atoms with Crippen molar-refractivity contribution >= 4 is 60.7 Å². The Morgan fingerprint density at radius 3 is 1.43 bits per heavy atom. The predicted molar refractivity (Wildman–Crippen MR) is 272 cm³/mol. The van der Waals surface area contributed by atoms with E-state index >= 15 is 0 Å². The van der Waals surface area contributed by atoms with Crippen LogP contribution >= 0.6 is 19.6 Å². The predicted octanol–water partition coefficient (Wildman–Crippen LogP) is 12.2. The summed E-state index contributed by atoms with van der Waals surface area (Å²) < 4.78 is 33.8. The molecule has 14 nitrogen and oxygen atoms in total. The monoisotopic (exact) mass is 1010 g/mol. The van der Waals surface area contributed by atoms with Gasteiger partial charge in [0.2, 0.25) is 11.8 Å². The summed E-state index contributed by atoms with van der Waals surface area (Å²) >= 11 is 1.23. The molecule has 0 radical (unpaired) electrons. The number of carbonyl (C=O) groups is 7. The maximum absolute atomic E-state index is 12.8. The van der Waals surface area contributed by atoms with Crippen LogP contribution in [0.2, 0.25) is 0 Å². The number of hydrogen-bond donors (Lipinski definition) is 0. The Morgan fingerprint density at radius 2 is 1.00 bits per heavy atom. The van der Waals surface area contributed by atoms with Gasteiger partial charge in [-0.15, -0.1) is 11.8 Å². The summed E-state index contributed by atoms with van der Waals surface area (Å²) in [5, 5.41) is -0.567. The standard InChI is InChI=1S/C53H94NO13PS/c1-4-6-8-10-12-14-16-18-20-22-24-26-28-34-51(59)64-43-48(44-65-52(60)35-29-27-25-23-21-19-17-15-13-11-9-7-5-2)67-68(62,63)66-40-31-33-46(56)36-37-47(57)38-41-69-49-42-50(58)54(53(49)61)39-30-32-45(3)55/h48-49H,4-44H2,1-3H3,(H,62,63)/p-1. The number of amides is 2. The summed E-state index contributed by atoms with van der Waals surface area (Å²) in [6.45, 7) is 4.87. The molecule has 0 spiro atoms. The van der Waals surface area contributed by atoms with Gasteiger partial charge >= 0.3 is 11.9 Å². The number of phosphoric acid groups is 1. The van der Waals surface area contributed by atoms with Crippen LogP contribution in [0.3, 0.4) is 0 Å². The van der Waals surface area contributed by atoms with Gasteiger partial charge in [-0.1, -0.05) is 168 Å². The molecule has 0 N–H and O–H groups in total. The molecule has 1 heterocycles. The van der Waals surface area contributed by atoms with Gasteiger partial charge in [0, 0.05) is 63.7 Å². The van der Waals surface area contributed by atoms with Gasteiger partial charge < -0.3 is 28.2 Å². The van der Waals surface area contributed by atoms with Gasteiger partial charge in [0.05, 0.1) is 11.9 Å². The van der Waals surface area contributed by atoms with Crippen LogP contribution in [0.1, 0.15) is 252 Å². The lowest BCUT2D eigenvalue weighted by atomic mass is 10.0. The number of phosphoric ester groups is 1. The van der Waals surface area contributed by atoms with Gasteiger partial charge in [-0.25, -0.2) is 0 Å². The highest BCUT2D eigenvalue weighted by Crippen LogP contribution is 2.40. The molecular weight excluding hydrogens is 922 g/mol. The topological polar surface area (TPSA) is 200 Å². The lowest BCUT2D eigenvalue weighted by Gasteiger charge is -2.27. The van der Waals surface area contributed by atoms with Crippen LogP contribution in [-0.4, -0.2) is 89.5 Å². The van der Waals surface area contributed by atoms with Crippen molar-refractivity contribution in [3.8, 4) is 0 Å². The smallest absolute Gasteiger partial charge is 0.305 e. The third-order valence-electron chi connectivity index (χ3n) is 12.5. The van der Waals surface area contributed by atoms with Crippen LogP contribution in [-0.2, 0) is 56.6 Å². The summed E-state index contributed by atoms with van der Waals surface area (Å²) in [5.74, 6) is -1.67. The summed E-state index contributed by atoms with van der Waals surface area (Å²) in [5.41, 5.74) is 0. The van der Waals surface area contributed by atoms with Crippen LogP contribution in [0.15, 0.2) is 0 Å². The summed E-state index contributed by atoms with van der Waals surface area (Å²) in [4.78, 5) is 100. The van der Waals surface area contributed by atoms with Crippen molar-refractivity contribution in [1.82, 2.24) is 4.90 Å². The third-order valence-corrected chi connectivity index (χ3v) is 14.7. The Bertz CT molecular complexity index is 1430. The molecule has 0 bridgehead atoms. The van der Waals surface area contributed by atoms with E-state index < -0.39 is 44.3 Å². The van der Waals surface area contributed by atoms with Crippen LogP contribution in [0.25, 0.3) is 0 Å². The highest BCUT2D eigenvalue weighted by Gasteiger charge is 2.38. The number of likely N-dealkylation sites (tertiary alicyclic amines) is 1. The minimum Gasteiger partial charge on any atom is -0.756 e. The van der Waals surface area contributed by atoms with Gasteiger partial charge in [0.25, 0.3) is 7.82 Å². The van der Waals surface area contributed by atoms with Crippen molar-refractivity contribution in [3.05, 3.63) is 0 Å². The second-order valence-electron chi connectivity index (χ2n) is 19.0. The van der Waals surface area contributed by atoms with Crippen LogP contribution < -0.4 is 4.89 Å². The third kappa shape index (κ3) is 37.9. The fourth-order valence-electron chi connectivity index (χ4n) is 8.21. The first-order valence-corrected chi connectivity index (χ1v) is 29.7. The number of thioether (sulfide) groups is 1. The highest BCUT2D eigenvalue weighted by atomic mass is 32.2. The van der Waals surface area contributed by atoms with Gasteiger partial charge in [0.15, 0.2) is 0 Å². The number of esters is 2. The lowest BCUT2D eigenvalue weighted by Crippen LogP contribution is -2.32. The molecule has 69 heavy (non-hydrogen) atoms. The Kier molecular flexibility index (Phi) is 40.4. The van der Waals surface area contributed by atoms with Crippen LogP contribution in [0.4, 0.5) is 0 Å². The molecule has 2 atom stereocenters. The van der Waals surface area contributed by atoms with Gasteiger partial charge in [0.1, 0.15) is 36.7 Å². The molecule has 1 aliphatic heterocycles. The Labute approximate surface area is 421 Å². The van der Waals surface area contributed by atoms with E-state index in [4.69, 9.17) is 18.5 Å². The minimum atomic E-state index is -4.97. The molecule has 1 saturated heterocycles. The van der Waals surface area contributed by atoms with Crippen LogP contribution in [0, 0.1) is 0 Å². The summed E-state index contributed by atoms with van der Waals surface area (Å²) in [6, 6.07) is 0. The molecule has 400 valence electrons. The van der Waals surface area contributed by atoms with Gasteiger partial charge in [-0.05, 0) is 32.6 Å². The van der Waals surface area contributed by atoms with Crippen molar-refractivity contribution < 1.29 is 61.5 Å². The largest absolute Gasteiger partial charge is 0.756 e. The van der Waals surface area contributed by atoms with Gasteiger partial charge in [-0.2, -0.15) is 0 Å². The normalized spacial score (nSPS) is 14.7. The zero-order chi connectivity index (χ0) is 50.8. The zero-order valence-electron chi connectivity index (χ0n) is 43.3. The maximum atomic E-state index is 12.8. The number of rotatable bonds is 50. The number of imide groups is 1. The number of carbonyl (C=O) groups excluding carboxylic acids is 7. The van der Waals surface area contributed by atoms with Crippen molar-refractivity contribution in [3.63, 3.8) is 0 Å². The average molecular weight is 1020 g/mol. The maximum Gasteiger partial charge on any atom is 0.305 e. The number of ketones is 3. The van der Waals surface area contributed by atoms with Crippen molar-refractivity contribution in [1.29, 1.82) is 0 Å². The van der Waals surface area contributed by atoms with E-state index in [9.17, 15) is 43.0 Å². The molecule has 2 unspecified atom stereocenters. The fourth-order valence-corrected chi connectivity index (χ4v) is 10.3. The van der Waals surface area contributed by atoms with E-state index in [1.807, 2.05) is 0 Å². The highest BCUT2D eigenvalue weighted by molar-refractivity contribution is 8.00. The number of Topliss-reactive ketones (excluding diaryl/α,β-unsaturated/α-hetero) is 3. The first-order chi connectivity index (χ1) is 33.3. The molecule has 2 amide bonds. The molecule has 0 aliphatic carbocycles. The zero-order valence-corrected chi connectivity index (χ0v) is 45.0. The SMILES string of the molecule is CCCCCCCCCCCCCCCC(=O)OCC(COC(=O)CCCCCCCCCCCCCCC)OP(=O)([O-])OCCCC(=O)CCC(=O)CCSC1CC(=O)N(CCCC(C)=O)C1=O. The number of nitrogens with zero attached hydrogens (tertiary/aromatic N) is 1. The molecule has 16 heteroatoms. The Hall–Kier alpha value is -2.45. The molecule has 1 aliphatic rings. The molecule has 0 aromatic rings. The minimum absolute atomic E-state index is 0.00401. The molecule has 1 fully saturated rings. The molecule has 0 saturated carbocycles. The van der Waals surface area contributed by atoms with E-state index in [1.54, 1.807) is 0 Å². The number of ether oxygens (including phenoxy) is 2. The van der Waals surface area contributed by atoms with Crippen molar-refractivity contribution in [2.45, 2.75) is 263 Å². The number of unbranched alkanes of at least 4 members (excludes halogenated alkanes) is 24. The van der Waals surface area contributed by atoms with E-state index in [0.29, 0.717) is 31.4 Å². The second-order valence-corrected chi connectivity index (χ2v) is 21.7. The summed E-state index contributed by atoms with van der Waals surface area (Å²) in [6.07, 6.45) is 30.5. The molecular formula is C53H93NO13PS-. The number of hydrogen-bond acceptors (Lipinski definition) is 14. The summed E-state index contributed by atoms with van der Waals surface area (Å²) in [7, 11) is -4.97. The average Bonchev–Trinajstić information content (AvgIpc) is 3.58. The van der Waals surface area contributed by atoms with E-state index in [2.05, 4.69) is 13.8 Å². The van der Waals surface area contributed by atoms with Crippen molar-refractivity contribution in [2.24, 2.45) is 0 Å². The quantitative estimate of drug-likeness (QED) is 0.0241. The Morgan fingerprint density at radius 1 is 0.580 bits per heavy atom. The van der Waals surface area contributed by atoms with E-state index in [1.165, 1.54) is 139 Å². The van der Waals surface area contributed by atoms with Gasteiger partial charge in [-0.3, -0.25) is 38.2 Å².